The Kier molecular flexibility index (Phi) is 7.63. The highest BCUT2D eigenvalue weighted by Gasteiger charge is 2.46. The maximum absolute atomic E-state index is 13.4. The van der Waals surface area contributed by atoms with Crippen molar-refractivity contribution >= 4 is 12.0 Å². The van der Waals surface area contributed by atoms with Crippen LogP contribution in [0.25, 0.3) is 11.3 Å². The molecule has 2 amide bonds. The number of aromatic nitrogens is 2. The van der Waals surface area contributed by atoms with Crippen molar-refractivity contribution < 1.29 is 19.4 Å². The molecule has 1 fully saturated rings. The van der Waals surface area contributed by atoms with E-state index < -0.39 is 17.3 Å². The molecule has 3 N–H and O–H groups in total. The van der Waals surface area contributed by atoms with E-state index in [2.05, 4.69) is 15.5 Å². The van der Waals surface area contributed by atoms with Crippen molar-refractivity contribution in [3.8, 4) is 11.3 Å². The molecule has 0 radical (unpaired) electrons. The molecule has 0 spiro atoms. The van der Waals surface area contributed by atoms with Gasteiger partial charge in [-0.2, -0.15) is 5.10 Å². The van der Waals surface area contributed by atoms with Gasteiger partial charge >= 0.3 is 6.09 Å². The van der Waals surface area contributed by atoms with E-state index in [0.29, 0.717) is 30.8 Å². The number of carbonyl (C=O) groups excluding carboxylic acids is 2. The highest BCUT2D eigenvalue weighted by molar-refractivity contribution is 5.95. The van der Waals surface area contributed by atoms with Gasteiger partial charge in [-0.1, -0.05) is 54.6 Å². The Morgan fingerprint density at radius 1 is 1.13 bits per heavy atom. The molecule has 1 aliphatic heterocycles. The van der Waals surface area contributed by atoms with Gasteiger partial charge in [0, 0.05) is 36.1 Å². The Labute approximate surface area is 230 Å². The molecule has 8 nitrogen and oxygen atoms in total. The molecule has 1 saturated heterocycles. The number of nitrogens with zero attached hydrogens (tertiary/aromatic N) is 2. The van der Waals surface area contributed by atoms with Crippen molar-refractivity contribution in [1.82, 2.24) is 20.4 Å². The second-order valence-corrected chi connectivity index (χ2v) is 12.2. The van der Waals surface area contributed by atoms with Crippen LogP contribution in [-0.4, -0.2) is 49.9 Å². The predicted molar refractivity (Wildman–Crippen MR) is 151 cm³/mol. The average Bonchev–Trinajstić information content (AvgIpc) is 3.24. The van der Waals surface area contributed by atoms with Crippen molar-refractivity contribution in [3.63, 3.8) is 0 Å². The van der Waals surface area contributed by atoms with Gasteiger partial charge in [-0.25, -0.2) is 4.79 Å². The summed E-state index contributed by atoms with van der Waals surface area (Å²) in [6.45, 7) is 13.6. The van der Waals surface area contributed by atoms with Gasteiger partial charge in [0.05, 0.1) is 17.3 Å². The molecule has 0 unspecified atom stereocenters. The standard InChI is InChI=1S/C31H40N4O4/c1-20-25(33-34-26(20)27(36)32-29(3,4)5)23-15-13-22(14-16-23)21(2)35-18-17-31(39-28(35)37,19-30(6,7)38)24-11-9-8-10-12-24/h8-16,21,38H,17-19H2,1-7H3,(H,32,36)(H,33,34)/t21-,31-/m0/s1. The number of rotatable bonds is 7. The van der Waals surface area contributed by atoms with Crippen molar-refractivity contribution in [3.05, 3.63) is 77.0 Å². The summed E-state index contributed by atoms with van der Waals surface area (Å²) >= 11 is 0. The van der Waals surface area contributed by atoms with E-state index in [0.717, 1.165) is 22.3 Å². The Morgan fingerprint density at radius 2 is 1.77 bits per heavy atom. The van der Waals surface area contributed by atoms with Gasteiger partial charge in [0.15, 0.2) is 0 Å². The van der Waals surface area contributed by atoms with Crippen LogP contribution < -0.4 is 5.32 Å². The van der Waals surface area contributed by atoms with Crippen LogP contribution in [0.15, 0.2) is 54.6 Å². The molecule has 2 heterocycles. The number of H-pyrrole nitrogens is 1. The van der Waals surface area contributed by atoms with Crippen LogP contribution in [0.3, 0.4) is 0 Å². The van der Waals surface area contributed by atoms with Crippen LogP contribution in [-0.2, 0) is 10.3 Å². The molecule has 0 aliphatic carbocycles. The highest BCUT2D eigenvalue weighted by Crippen LogP contribution is 2.42. The van der Waals surface area contributed by atoms with Gasteiger partial charge in [0.2, 0.25) is 0 Å². The zero-order chi connectivity index (χ0) is 28.6. The summed E-state index contributed by atoms with van der Waals surface area (Å²) in [5.74, 6) is -0.191. The molecule has 0 saturated carbocycles. The fourth-order valence-electron chi connectivity index (χ4n) is 5.29. The first kappa shape index (κ1) is 28.4. The van der Waals surface area contributed by atoms with Gasteiger partial charge in [-0.15, -0.1) is 0 Å². The number of amides is 2. The van der Waals surface area contributed by atoms with Crippen molar-refractivity contribution in [2.24, 2.45) is 0 Å². The minimum Gasteiger partial charge on any atom is -0.438 e. The van der Waals surface area contributed by atoms with E-state index >= 15 is 0 Å². The van der Waals surface area contributed by atoms with E-state index in [-0.39, 0.29) is 17.5 Å². The third-order valence-corrected chi connectivity index (χ3v) is 7.15. The lowest BCUT2D eigenvalue weighted by atomic mass is 9.80. The third kappa shape index (κ3) is 6.33. The number of aromatic amines is 1. The Hall–Kier alpha value is -3.65. The molecular formula is C31H40N4O4. The van der Waals surface area contributed by atoms with Crippen LogP contribution in [0, 0.1) is 6.92 Å². The van der Waals surface area contributed by atoms with Crippen LogP contribution in [0.4, 0.5) is 4.79 Å². The van der Waals surface area contributed by atoms with E-state index in [9.17, 15) is 14.7 Å². The molecular weight excluding hydrogens is 492 g/mol. The average molecular weight is 533 g/mol. The van der Waals surface area contributed by atoms with Gasteiger partial charge in [-0.05, 0) is 59.6 Å². The second kappa shape index (κ2) is 10.5. The number of nitrogens with one attached hydrogen (secondary N) is 2. The summed E-state index contributed by atoms with van der Waals surface area (Å²) in [4.78, 5) is 27.7. The molecule has 39 heavy (non-hydrogen) atoms. The lowest BCUT2D eigenvalue weighted by Crippen LogP contribution is -2.51. The Balaban J connectivity index is 1.51. The van der Waals surface area contributed by atoms with Gasteiger partial charge in [0.1, 0.15) is 11.3 Å². The SMILES string of the molecule is Cc1c(-c2ccc([C@H](C)N3CC[C@](CC(C)(C)O)(c4ccccc4)OC3=O)cc2)n[nH]c1C(=O)NC(C)(C)C. The summed E-state index contributed by atoms with van der Waals surface area (Å²) in [5, 5.41) is 20.9. The summed E-state index contributed by atoms with van der Waals surface area (Å²) < 4.78 is 6.13. The summed E-state index contributed by atoms with van der Waals surface area (Å²) in [7, 11) is 0. The number of carbonyl (C=O) groups is 2. The minimum atomic E-state index is -1.00. The Morgan fingerprint density at radius 3 is 2.33 bits per heavy atom. The lowest BCUT2D eigenvalue weighted by molar-refractivity contribution is -0.101. The largest absolute Gasteiger partial charge is 0.438 e. The maximum atomic E-state index is 13.4. The number of aliphatic hydroxyl groups is 1. The maximum Gasteiger partial charge on any atom is 0.411 e. The van der Waals surface area contributed by atoms with Gasteiger partial charge in [-0.3, -0.25) is 9.89 Å². The normalized spacial score (nSPS) is 19.0. The smallest absolute Gasteiger partial charge is 0.411 e. The van der Waals surface area contributed by atoms with Gasteiger partial charge in [0.25, 0.3) is 5.91 Å². The van der Waals surface area contributed by atoms with Crippen molar-refractivity contribution in [1.29, 1.82) is 0 Å². The molecule has 0 bridgehead atoms. The van der Waals surface area contributed by atoms with E-state index in [4.69, 9.17) is 4.74 Å². The number of ether oxygens (including phenoxy) is 1. The first-order chi connectivity index (χ1) is 18.2. The zero-order valence-corrected chi connectivity index (χ0v) is 24.0. The molecule has 4 rings (SSSR count). The molecule has 2 aromatic carbocycles. The number of cyclic esters (lactones) is 1. The summed E-state index contributed by atoms with van der Waals surface area (Å²) in [6, 6.07) is 17.3. The fraction of sp³-hybridized carbons (Fsp3) is 0.452. The quantitative estimate of drug-likeness (QED) is 0.353. The Bertz CT molecular complexity index is 1320. The fourth-order valence-corrected chi connectivity index (χ4v) is 5.29. The van der Waals surface area contributed by atoms with E-state index in [1.54, 1.807) is 18.7 Å². The van der Waals surface area contributed by atoms with Crippen LogP contribution in [0.5, 0.6) is 0 Å². The number of hydrogen-bond donors (Lipinski definition) is 3. The summed E-state index contributed by atoms with van der Waals surface area (Å²) in [5.41, 5.74) is 2.43. The lowest BCUT2D eigenvalue weighted by Gasteiger charge is -2.45. The molecule has 1 aliphatic rings. The summed E-state index contributed by atoms with van der Waals surface area (Å²) in [6.07, 6.45) is 0.482. The molecule has 3 aromatic rings. The monoisotopic (exact) mass is 532 g/mol. The molecule has 1 aromatic heterocycles. The second-order valence-electron chi connectivity index (χ2n) is 12.2. The first-order valence-electron chi connectivity index (χ1n) is 13.4. The topological polar surface area (TPSA) is 108 Å². The third-order valence-electron chi connectivity index (χ3n) is 7.15. The van der Waals surface area contributed by atoms with Crippen LogP contribution in [0.1, 0.15) is 87.6 Å². The minimum absolute atomic E-state index is 0.191. The van der Waals surface area contributed by atoms with E-state index in [1.165, 1.54) is 0 Å². The first-order valence-corrected chi connectivity index (χ1v) is 13.4. The van der Waals surface area contributed by atoms with Crippen molar-refractivity contribution in [2.45, 2.75) is 84.1 Å². The number of hydrogen-bond acceptors (Lipinski definition) is 5. The van der Waals surface area contributed by atoms with Crippen LogP contribution in [0.2, 0.25) is 0 Å². The van der Waals surface area contributed by atoms with Crippen molar-refractivity contribution in [2.75, 3.05) is 6.54 Å². The highest BCUT2D eigenvalue weighted by atomic mass is 16.6. The predicted octanol–water partition coefficient (Wildman–Crippen LogP) is 5.87. The number of benzene rings is 2. The molecule has 8 heteroatoms. The van der Waals surface area contributed by atoms with Gasteiger partial charge < -0.3 is 20.1 Å². The molecule has 2 atom stereocenters. The van der Waals surface area contributed by atoms with Crippen LogP contribution >= 0.6 is 0 Å². The zero-order valence-electron chi connectivity index (χ0n) is 24.0. The molecule has 208 valence electrons. The van der Waals surface area contributed by atoms with E-state index in [1.807, 2.05) is 89.2 Å².